The molecule has 1 heterocycles. The Hall–Kier alpha value is -1.27. The third-order valence-electron chi connectivity index (χ3n) is 3.68. The van der Waals surface area contributed by atoms with Crippen molar-refractivity contribution in [2.75, 3.05) is 0 Å². The molecule has 20 heavy (non-hydrogen) atoms. The molecule has 0 aromatic rings. The van der Waals surface area contributed by atoms with Crippen LogP contribution in [0.15, 0.2) is 11.6 Å². The average molecular weight is 278 g/mol. The number of rotatable bonds is 9. The van der Waals surface area contributed by atoms with Crippen molar-refractivity contribution in [2.24, 2.45) is 0 Å². The van der Waals surface area contributed by atoms with Gasteiger partial charge < -0.3 is 9.84 Å². The number of aliphatic hydroxyl groups excluding tert-OH is 1. The lowest BCUT2D eigenvalue weighted by atomic mass is 10.0. The van der Waals surface area contributed by atoms with Gasteiger partial charge in [-0.2, -0.15) is 0 Å². The summed E-state index contributed by atoms with van der Waals surface area (Å²) in [5, 5.41) is 9.74. The molecule has 0 radical (unpaired) electrons. The van der Waals surface area contributed by atoms with Gasteiger partial charge in [0.1, 0.15) is 12.2 Å². The molecule has 0 unspecified atom stereocenters. The Morgan fingerprint density at radius 3 is 2.35 bits per heavy atom. The van der Waals surface area contributed by atoms with Crippen molar-refractivity contribution in [1.82, 2.24) is 0 Å². The Bertz CT molecular complexity index is 365. The summed E-state index contributed by atoms with van der Waals surface area (Å²) >= 11 is 0. The molecule has 1 rings (SSSR count). The van der Waals surface area contributed by atoms with E-state index in [1.54, 1.807) is 6.92 Å². The fourth-order valence-electron chi connectivity index (χ4n) is 2.39. The second-order valence-corrected chi connectivity index (χ2v) is 5.43. The highest BCUT2D eigenvalue weighted by atomic mass is 16.6. The third-order valence-corrected chi connectivity index (χ3v) is 3.68. The first-order valence-electron chi connectivity index (χ1n) is 7.69. The molecular formula is C17H26O3. The van der Waals surface area contributed by atoms with E-state index in [0.29, 0.717) is 5.57 Å². The van der Waals surface area contributed by atoms with Gasteiger partial charge in [0.25, 0.3) is 0 Å². The summed E-state index contributed by atoms with van der Waals surface area (Å²) in [6.45, 7) is 1.71. The van der Waals surface area contributed by atoms with E-state index in [9.17, 15) is 9.90 Å². The van der Waals surface area contributed by atoms with Crippen LogP contribution >= 0.6 is 0 Å². The summed E-state index contributed by atoms with van der Waals surface area (Å²) in [4.78, 5) is 11.4. The number of hydrogen-bond donors (Lipinski definition) is 1. The number of carbonyl (C=O) groups is 1. The van der Waals surface area contributed by atoms with E-state index in [1.165, 1.54) is 32.1 Å². The van der Waals surface area contributed by atoms with E-state index < -0.39 is 12.2 Å². The van der Waals surface area contributed by atoms with Gasteiger partial charge in [-0.25, -0.2) is 4.79 Å². The topological polar surface area (TPSA) is 46.5 Å². The van der Waals surface area contributed by atoms with Crippen LogP contribution in [0, 0.1) is 12.3 Å². The second-order valence-electron chi connectivity index (χ2n) is 5.43. The predicted octanol–water partition coefficient (Wildman–Crippen LogP) is 3.36. The minimum atomic E-state index is -0.751. The molecule has 0 saturated carbocycles. The van der Waals surface area contributed by atoms with E-state index in [1.807, 2.05) is 6.08 Å². The predicted molar refractivity (Wildman–Crippen MR) is 80.0 cm³/mol. The molecule has 3 heteroatoms. The van der Waals surface area contributed by atoms with Gasteiger partial charge in [0, 0.05) is 6.42 Å². The maximum absolute atomic E-state index is 11.4. The van der Waals surface area contributed by atoms with Gasteiger partial charge in [-0.15, -0.1) is 12.3 Å². The third kappa shape index (κ3) is 5.79. The van der Waals surface area contributed by atoms with Crippen LogP contribution in [-0.2, 0) is 9.53 Å². The van der Waals surface area contributed by atoms with Crippen molar-refractivity contribution < 1.29 is 14.6 Å². The number of aliphatic hydroxyl groups is 1. The van der Waals surface area contributed by atoms with Crippen LogP contribution in [-0.4, -0.2) is 23.3 Å². The molecular weight excluding hydrogens is 252 g/mol. The maximum Gasteiger partial charge on any atom is 0.336 e. The molecule has 1 aliphatic heterocycles. The molecule has 0 aromatic heterocycles. The first kappa shape index (κ1) is 16.8. The van der Waals surface area contributed by atoms with Crippen LogP contribution in [0.1, 0.15) is 64.7 Å². The lowest BCUT2D eigenvalue weighted by Gasteiger charge is -2.04. The van der Waals surface area contributed by atoms with Gasteiger partial charge >= 0.3 is 5.97 Å². The first-order valence-corrected chi connectivity index (χ1v) is 7.69. The minimum Gasteiger partial charge on any atom is -0.456 e. The second kappa shape index (κ2) is 9.61. The normalized spacial score (nSPS) is 23.9. The van der Waals surface area contributed by atoms with Gasteiger partial charge in [0.05, 0.1) is 5.57 Å². The average Bonchev–Trinajstić information content (AvgIpc) is 2.67. The molecule has 0 bridgehead atoms. The number of carbonyl (C=O) groups excluding carboxylic acids is 1. The van der Waals surface area contributed by atoms with E-state index >= 15 is 0 Å². The number of cyclic esters (lactones) is 1. The van der Waals surface area contributed by atoms with Gasteiger partial charge in [-0.3, -0.25) is 0 Å². The molecule has 0 aromatic carbocycles. The summed E-state index contributed by atoms with van der Waals surface area (Å²) in [6, 6.07) is 0. The number of esters is 1. The van der Waals surface area contributed by atoms with Crippen molar-refractivity contribution >= 4 is 5.97 Å². The molecule has 0 amide bonds. The van der Waals surface area contributed by atoms with E-state index in [-0.39, 0.29) is 5.97 Å². The number of ether oxygens (including phenoxy) is 1. The Morgan fingerprint density at radius 1 is 1.20 bits per heavy atom. The van der Waals surface area contributed by atoms with Crippen molar-refractivity contribution in [3.8, 4) is 12.3 Å². The number of unbranched alkanes of at least 4 members (excludes halogenated alkanes) is 8. The summed E-state index contributed by atoms with van der Waals surface area (Å²) in [5.74, 6) is 2.30. The summed E-state index contributed by atoms with van der Waals surface area (Å²) in [7, 11) is 0. The Labute approximate surface area is 122 Å². The highest BCUT2D eigenvalue weighted by molar-refractivity contribution is 5.92. The summed E-state index contributed by atoms with van der Waals surface area (Å²) in [6.07, 6.45) is 15.9. The molecule has 0 aliphatic carbocycles. The van der Waals surface area contributed by atoms with Gasteiger partial charge in [-0.1, -0.05) is 38.2 Å². The molecule has 1 saturated heterocycles. The maximum atomic E-state index is 11.4. The zero-order valence-electron chi connectivity index (χ0n) is 12.4. The standard InChI is InChI=1S/C17H26O3/c1-3-4-5-6-7-8-9-10-11-12-13-15-16(18)14(2)20-17(15)19/h1,13-14,16,18H,4-12H2,2H3/b15-13-/t14-,16-/m1/s1. The minimum absolute atomic E-state index is 0.362. The Morgan fingerprint density at radius 2 is 1.80 bits per heavy atom. The van der Waals surface area contributed by atoms with Gasteiger partial charge in [0.15, 0.2) is 0 Å². The molecule has 112 valence electrons. The number of hydrogen-bond acceptors (Lipinski definition) is 3. The quantitative estimate of drug-likeness (QED) is 0.304. The fraction of sp³-hybridized carbons (Fsp3) is 0.706. The Kier molecular flexibility index (Phi) is 8.06. The molecule has 1 N–H and O–H groups in total. The summed E-state index contributed by atoms with van der Waals surface area (Å²) in [5.41, 5.74) is 0.437. The van der Waals surface area contributed by atoms with Crippen molar-refractivity contribution in [3.05, 3.63) is 11.6 Å². The number of allylic oxidation sites excluding steroid dienone is 1. The van der Waals surface area contributed by atoms with E-state index in [4.69, 9.17) is 11.2 Å². The highest BCUT2D eigenvalue weighted by Crippen LogP contribution is 2.22. The smallest absolute Gasteiger partial charge is 0.336 e. The SMILES string of the molecule is C#CCCCCCCCCC/C=C1\C(=O)O[C@H](C)[C@H]1O. The molecule has 2 atom stereocenters. The molecule has 3 nitrogen and oxygen atoms in total. The molecule has 1 fully saturated rings. The Balaban J connectivity index is 2.02. The first-order chi connectivity index (χ1) is 9.66. The van der Waals surface area contributed by atoms with Crippen LogP contribution in [0.5, 0.6) is 0 Å². The monoisotopic (exact) mass is 278 g/mol. The van der Waals surface area contributed by atoms with Crippen molar-refractivity contribution in [3.63, 3.8) is 0 Å². The largest absolute Gasteiger partial charge is 0.456 e. The summed E-state index contributed by atoms with van der Waals surface area (Å²) < 4.78 is 4.96. The van der Waals surface area contributed by atoms with Crippen molar-refractivity contribution in [2.45, 2.75) is 76.9 Å². The van der Waals surface area contributed by atoms with Crippen molar-refractivity contribution in [1.29, 1.82) is 0 Å². The van der Waals surface area contributed by atoms with Gasteiger partial charge in [-0.05, 0) is 26.2 Å². The zero-order valence-corrected chi connectivity index (χ0v) is 12.4. The van der Waals surface area contributed by atoms with E-state index in [0.717, 1.165) is 25.7 Å². The van der Waals surface area contributed by atoms with Crippen LogP contribution < -0.4 is 0 Å². The van der Waals surface area contributed by atoms with E-state index in [2.05, 4.69) is 5.92 Å². The van der Waals surface area contributed by atoms with Gasteiger partial charge in [0.2, 0.25) is 0 Å². The van der Waals surface area contributed by atoms with Crippen LogP contribution in [0.25, 0.3) is 0 Å². The number of terminal acetylenes is 1. The highest BCUT2D eigenvalue weighted by Gasteiger charge is 2.34. The fourth-order valence-corrected chi connectivity index (χ4v) is 2.39. The molecule has 0 spiro atoms. The zero-order chi connectivity index (χ0) is 14.8. The molecule has 1 aliphatic rings. The van der Waals surface area contributed by atoms with Crippen LogP contribution in [0.4, 0.5) is 0 Å². The lowest BCUT2D eigenvalue weighted by molar-refractivity contribution is -0.138. The van der Waals surface area contributed by atoms with Crippen LogP contribution in [0.2, 0.25) is 0 Å². The lowest BCUT2D eigenvalue weighted by Crippen LogP contribution is -2.17. The van der Waals surface area contributed by atoms with Crippen LogP contribution in [0.3, 0.4) is 0 Å².